The lowest BCUT2D eigenvalue weighted by molar-refractivity contribution is -0.389. The molecule has 0 saturated carbocycles. The molecule has 0 aliphatic heterocycles. The average Bonchev–Trinajstić information content (AvgIpc) is 3.43. The highest BCUT2D eigenvalue weighted by Gasteiger charge is 2.25. The number of primary amides is 1. The second kappa shape index (κ2) is 9.31. The first kappa shape index (κ1) is 22.9. The largest absolute Gasteiger partial charge is 0.389 e. The first-order valence-electron chi connectivity index (χ1n) is 9.83. The van der Waals surface area contributed by atoms with Crippen molar-refractivity contribution in [1.82, 2.24) is 14.8 Å². The van der Waals surface area contributed by atoms with E-state index in [2.05, 4.69) is 15.4 Å². The van der Waals surface area contributed by atoms with Gasteiger partial charge in [0.25, 0.3) is 12.3 Å². The lowest BCUT2D eigenvalue weighted by Crippen LogP contribution is -2.18. The molecule has 0 atom stereocenters. The van der Waals surface area contributed by atoms with Crippen LogP contribution in [0.5, 0.6) is 0 Å². The summed E-state index contributed by atoms with van der Waals surface area (Å²) in [4.78, 5) is 39.0. The Morgan fingerprint density at radius 2 is 1.97 bits per heavy atom. The molecule has 2 amide bonds. The van der Waals surface area contributed by atoms with Crippen LogP contribution in [0, 0.1) is 10.1 Å². The van der Waals surface area contributed by atoms with Crippen LogP contribution in [0.2, 0.25) is 0 Å². The summed E-state index contributed by atoms with van der Waals surface area (Å²) in [5, 5.41) is 17.5. The van der Waals surface area contributed by atoms with Crippen molar-refractivity contribution >= 4 is 44.9 Å². The van der Waals surface area contributed by atoms with Gasteiger partial charge in [0.15, 0.2) is 0 Å². The third-order valence-corrected chi connectivity index (χ3v) is 5.96. The van der Waals surface area contributed by atoms with Crippen LogP contribution in [0.4, 0.5) is 20.3 Å². The van der Waals surface area contributed by atoms with Crippen LogP contribution in [0.15, 0.2) is 48.7 Å². The van der Waals surface area contributed by atoms with Crippen molar-refractivity contribution in [2.75, 3.05) is 5.32 Å². The Kier molecular flexibility index (Phi) is 6.27. The number of carbonyl (C=O) groups excluding carboxylic acids is 2. The van der Waals surface area contributed by atoms with E-state index >= 15 is 0 Å². The van der Waals surface area contributed by atoms with E-state index in [9.17, 15) is 28.5 Å². The van der Waals surface area contributed by atoms with Crippen molar-refractivity contribution in [2.45, 2.75) is 19.4 Å². The fourth-order valence-corrected chi connectivity index (χ4v) is 4.37. The van der Waals surface area contributed by atoms with E-state index in [-0.39, 0.29) is 34.2 Å². The molecule has 1 aromatic carbocycles. The number of thiophene rings is 1. The van der Waals surface area contributed by atoms with Crippen LogP contribution in [0.25, 0.3) is 21.3 Å². The van der Waals surface area contributed by atoms with Crippen LogP contribution in [-0.2, 0) is 11.3 Å². The minimum Gasteiger partial charge on any atom is -0.365 e. The van der Waals surface area contributed by atoms with Gasteiger partial charge in [-0.15, -0.1) is 11.3 Å². The topological polar surface area (TPSA) is 146 Å². The van der Waals surface area contributed by atoms with E-state index in [1.54, 1.807) is 30.3 Å². The van der Waals surface area contributed by atoms with Crippen LogP contribution < -0.4 is 11.1 Å². The molecule has 3 heterocycles. The molecular formula is C21H16F2N6O4S. The summed E-state index contributed by atoms with van der Waals surface area (Å²) in [5.74, 6) is -1.73. The number of nitrogens with one attached hydrogen (secondary N) is 1. The number of carbonyl (C=O) groups is 2. The number of hydrogen-bond donors (Lipinski definition) is 2. The van der Waals surface area contributed by atoms with Gasteiger partial charge >= 0.3 is 5.82 Å². The van der Waals surface area contributed by atoms with Gasteiger partial charge in [-0.05, 0) is 22.1 Å². The minimum absolute atomic E-state index is 0.0332. The predicted molar refractivity (Wildman–Crippen MR) is 121 cm³/mol. The van der Waals surface area contributed by atoms with Crippen molar-refractivity contribution in [3.8, 4) is 11.1 Å². The summed E-state index contributed by atoms with van der Waals surface area (Å²) in [6.07, 6.45) is -1.61. The average molecular weight is 486 g/mol. The molecule has 0 aliphatic rings. The third-order valence-electron chi connectivity index (χ3n) is 4.86. The molecular weight excluding hydrogens is 470 g/mol. The number of halogens is 2. The SMILES string of the molecule is NC(=O)c1sc2nc(C(F)F)cc(-c3ccccc3)c2c1NC(=O)CCn1ccc([N+](=O)[O-])n1. The number of nitrogens with zero attached hydrogens (tertiary/aromatic N) is 4. The summed E-state index contributed by atoms with van der Waals surface area (Å²) in [5.41, 5.74) is 6.06. The lowest BCUT2D eigenvalue weighted by atomic mass is 10.0. The molecule has 0 aliphatic carbocycles. The molecule has 0 saturated heterocycles. The summed E-state index contributed by atoms with van der Waals surface area (Å²) in [6, 6.07) is 11.1. The van der Waals surface area contributed by atoms with Crippen LogP contribution in [0.1, 0.15) is 28.2 Å². The fourth-order valence-electron chi connectivity index (χ4n) is 3.36. The maximum atomic E-state index is 13.5. The van der Waals surface area contributed by atoms with Crippen molar-refractivity contribution in [3.63, 3.8) is 0 Å². The van der Waals surface area contributed by atoms with Crippen molar-refractivity contribution in [2.24, 2.45) is 5.73 Å². The molecule has 0 unspecified atom stereocenters. The highest BCUT2D eigenvalue weighted by atomic mass is 32.1. The highest BCUT2D eigenvalue weighted by molar-refractivity contribution is 7.21. The monoisotopic (exact) mass is 486 g/mol. The number of nitrogens with two attached hydrogens (primary N) is 1. The molecule has 0 spiro atoms. The Hall–Kier alpha value is -4.26. The minimum atomic E-state index is -2.85. The normalized spacial score (nSPS) is 11.1. The van der Waals surface area contributed by atoms with Gasteiger partial charge in [0.05, 0.1) is 29.6 Å². The molecule has 34 heavy (non-hydrogen) atoms. The van der Waals surface area contributed by atoms with Gasteiger partial charge in [-0.3, -0.25) is 9.59 Å². The second-order valence-electron chi connectivity index (χ2n) is 7.10. The van der Waals surface area contributed by atoms with E-state index in [4.69, 9.17) is 5.73 Å². The number of amides is 2. The number of alkyl halides is 2. The zero-order valence-electron chi connectivity index (χ0n) is 17.3. The number of aromatic nitrogens is 3. The van der Waals surface area contributed by atoms with E-state index < -0.39 is 28.9 Å². The maximum Gasteiger partial charge on any atom is 0.389 e. The molecule has 0 fully saturated rings. The molecule has 174 valence electrons. The lowest BCUT2D eigenvalue weighted by Gasteiger charge is -2.11. The Morgan fingerprint density at radius 1 is 1.24 bits per heavy atom. The second-order valence-corrected chi connectivity index (χ2v) is 8.10. The Bertz CT molecular complexity index is 1400. The van der Waals surface area contributed by atoms with Crippen molar-refractivity contribution < 1.29 is 23.3 Å². The van der Waals surface area contributed by atoms with Crippen LogP contribution in [0.3, 0.4) is 0 Å². The number of hydrogen-bond acceptors (Lipinski definition) is 7. The molecule has 3 aromatic heterocycles. The Balaban J connectivity index is 1.73. The molecule has 4 aromatic rings. The molecule has 13 heteroatoms. The van der Waals surface area contributed by atoms with Crippen molar-refractivity contribution in [3.05, 3.63) is 69.3 Å². The quantitative estimate of drug-likeness (QED) is 0.283. The van der Waals surface area contributed by atoms with Gasteiger partial charge in [-0.25, -0.2) is 13.8 Å². The highest BCUT2D eigenvalue weighted by Crippen LogP contribution is 2.42. The van der Waals surface area contributed by atoms with Gasteiger partial charge in [-0.1, -0.05) is 30.3 Å². The Labute approximate surface area is 194 Å². The number of benzene rings is 1. The molecule has 10 nitrogen and oxygen atoms in total. The fraction of sp³-hybridized carbons (Fsp3) is 0.143. The van der Waals surface area contributed by atoms with Gasteiger partial charge in [0, 0.05) is 11.8 Å². The standard InChI is InChI=1S/C21H16F2N6O4S/c22-19(23)13-10-12(11-4-2-1-3-5-11)16-17(18(20(24)31)34-21(16)25-13)26-15(30)7-9-28-8-6-14(27-28)29(32)33/h1-6,8,10,19H,7,9H2,(H2,24,31)(H,26,30). The van der Waals surface area contributed by atoms with Gasteiger partial charge < -0.3 is 21.2 Å². The summed E-state index contributed by atoms with van der Waals surface area (Å²) >= 11 is 0.809. The zero-order chi connectivity index (χ0) is 24.4. The summed E-state index contributed by atoms with van der Waals surface area (Å²) < 4.78 is 28.3. The van der Waals surface area contributed by atoms with E-state index in [0.717, 1.165) is 11.3 Å². The number of nitro groups is 1. The zero-order valence-corrected chi connectivity index (χ0v) is 18.1. The van der Waals surface area contributed by atoms with Gasteiger partial charge in [0.1, 0.15) is 15.4 Å². The van der Waals surface area contributed by atoms with Crippen molar-refractivity contribution in [1.29, 1.82) is 0 Å². The number of anilines is 1. The van der Waals surface area contributed by atoms with E-state index in [1.165, 1.54) is 23.0 Å². The van der Waals surface area contributed by atoms with Gasteiger partial charge in [-0.2, -0.15) is 4.68 Å². The van der Waals surface area contributed by atoms with E-state index in [0.29, 0.717) is 16.5 Å². The van der Waals surface area contributed by atoms with Crippen LogP contribution in [-0.4, -0.2) is 31.5 Å². The van der Waals surface area contributed by atoms with Gasteiger partial charge in [0.2, 0.25) is 5.91 Å². The number of rotatable bonds is 8. The molecule has 3 N–H and O–H groups in total. The molecule has 0 bridgehead atoms. The molecule has 0 radical (unpaired) electrons. The van der Waals surface area contributed by atoms with E-state index in [1.807, 2.05) is 0 Å². The number of pyridine rings is 1. The first-order chi connectivity index (χ1) is 16.2. The number of aryl methyl sites for hydroxylation is 1. The smallest absolute Gasteiger partial charge is 0.365 e. The predicted octanol–water partition coefficient (Wildman–Crippen LogP) is 4.13. The Morgan fingerprint density at radius 3 is 2.59 bits per heavy atom. The van der Waals surface area contributed by atoms with Crippen LogP contribution >= 0.6 is 11.3 Å². The number of fused-ring (bicyclic) bond motifs is 1. The summed E-state index contributed by atoms with van der Waals surface area (Å²) in [6.45, 7) is 0.0347. The molecule has 4 rings (SSSR count). The summed E-state index contributed by atoms with van der Waals surface area (Å²) in [7, 11) is 0. The first-order valence-corrected chi connectivity index (χ1v) is 10.6. The maximum absolute atomic E-state index is 13.5. The third kappa shape index (κ3) is 4.59.